The lowest BCUT2D eigenvalue weighted by Gasteiger charge is -2.21. The molecule has 1 amide bonds. The SMILES string of the molecule is CC(C)(C)NC(N)=NCc1ccc(N2CCCC2=O)cc1. The van der Waals surface area contributed by atoms with Gasteiger partial charge in [0.2, 0.25) is 5.91 Å². The molecule has 1 aliphatic heterocycles. The molecule has 21 heavy (non-hydrogen) atoms. The van der Waals surface area contributed by atoms with Crippen LogP contribution in [0, 0.1) is 0 Å². The van der Waals surface area contributed by atoms with Gasteiger partial charge in [-0.05, 0) is 44.9 Å². The molecule has 1 saturated heterocycles. The Morgan fingerprint density at radius 1 is 1.33 bits per heavy atom. The predicted octanol–water partition coefficient (Wildman–Crippen LogP) is 2.02. The zero-order valence-corrected chi connectivity index (χ0v) is 13.0. The van der Waals surface area contributed by atoms with Gasteiger partial charge in [-0.3, -0.25) is 4.79 Å². The summed E-state index contributed by atoms with van der Waals surface area (Å²) in [6.45, 7) is 7.47. The molecule has 0 saturated carbocycles. The number of carbonyl (C=O) groups excluding carboxylic acids is 1. The molecular weight excluding hydrogens is 264 g/mol. The van der Waals surface area contributed by atoms with Crippen molar-refractivity contribution in [2.45, 2.75) is 45.7 Å². The van der Waals surface area contributed by atoms with Crippen LogP contribution in [0.3, 0.4) is 0 Å². The van der Waals surface area contributed by atoms with Gasteiger partial charge in [-0.1, -0.05) is 12.1 Å². The van der Waals surface area contributed by atoms with Gasteiger partial charge in [0.05, 0.1) is 6.54 Å². The molecule has 0 aliphatic carbocycles. The molecule has 1 aliphatic rings. The number of hydrogen-bond donors (Lipinski definition) is 2. The van der Waals surface area contributed by atoms with Crippen LogP contribution >= 0.6 is 0 Å². The summed E-state index contributed by atoms with van der Waals surface area (Å²) in [5.41, 5.74) is 7.79. The van der Waals surface area contributed by atoms with Crippen LogP contribution in [0.2, 0.25) is 0 Å². The summed E-state index contributed by atoms with van der Waals surface area (Å²) in [6, 6.07) is 7.94. The van der Waals surface area contributed by atoms with Crippen LogP contribution < -0.4 is 16.0 Å². The van der Waals surface area contributed by atoms with Crippen molar-refractivity contribution in [3.63, 3.8) is 0 Å². The van der Waals surface area contributed by atoms with Crippen molar-refractivity contribution in [1.29, 1.82) is 0 Å². The van der Waals surface area contributed by atoms with Crippen molar-refractivity contribution < 1.29 is 4.79 Å². The molecule has 0 bridgehead atoms. The zero-order valence-electron chi connectivity index (χ0n) is 13.0. The Bertz CT molecular complexity index is 528. The van der Waals surface area contributed by atoms with Gasteiger partial charge in [-0.15, -0.1) is 0 Å². The first kappa shape index (κ1) is 15.4. The minimum absolute atomic E-state index is 0.0897. The van der Waals surface area contributed by atoms with Crippen LogP contribution in [-0.4, -0.2) is 24.0 Å². The van der Waals surface area contributed by atoms with Crippen molar-refractivity contribution in [3.8, 4) is 0 Å². The number of carbonyl (C=O) groups is 1. The van der Waals surface area contributed by atoms with E-state index in [1.807, 2.05) is 49.9 Å². The number of anilines is 1. The van der Waals surface area contributed by atoms with Gasteiger partial charge in [0.1, 0.15) is 0 Å². The molecule has 5 nitrogen and oxygen atoms in total. The first-order chi connectivity index (χ1) is 9.85. The quantitative estimate of drug-likeness (QED) is 0.660. The van der Waals surface area contributed by atoms with Crippen LogP contribution in [-0.2, 0) is 11.3 Å². The van der Waals surface area contributed by atoms with E-state index in [1.54, 1.807) is 0 Å². The number of amides is 1. The van der Waals surface area contributed by atoms with Crippen LogP contribution in [0.25, 0.3) is 0 Å². The van der Waals surface area contributed by atoms with E-state index in [1.165, 1.54) is 0 Å². The van der Waals surface area contributed by atoms with E-state index >= 15 is 0 Å². The molecule has 1 aromatic rings. The Hall–Kier alpha value is -2.04. The fraction of sp³-hybridized carbons (Fsp3) is 0.500. The highest BCUT2D eigenvalue weighted by molar-refractivity contribution is 5.95. The van der Waals surface area contributed by atoms with Crippen LogP contribution in [0.4, 0.5) is 5.69 Å². The minimum atomic E-state index is -0.0897. The van der Waals surface area contributed by atoms with Crippen molar-refractivity contribution in [2.24, 2.45) is 10.7 Å². The van der Waals surface area contributed by atoms with Gasteiger partial charge in [-0.25, -0.2) is 4.99 Å². The molecular formula is C16H24N4O. The molecule has 1 heterocycles. The van der Waals surface area contributed by atoms with Crippen LogP contribution in [0.15, 0.2) is 29.3 Å². The lowest BCUT2D eigenvalue weighted by Crippen LogP contribution is -2.44. The number of benzene rings is 1. The maximum atomic E-state index is 11.7. The summed E-state index contributed by atoms with van der Waals surface area (Å²) >= 11 is 0. The maximum absolute atomic E-state index is 11.7. The highest BCUT2D eigenvalue weighted by Crippen LogP contribution is 2.21. The average Bonchev–Trinajstić information content (AvgIpc) is 2.81. The largest absolute Gasteiger partial charge is 0.370 e. The van der Waals surface area contributed by atoms with Gasteiger partial charge in [-0.2, -0.15) is 0 Å². The van der Waals surface area contributed by atoms with Crippen molar-refractivity contribution >= 4 is 17.6 Å². The molecule has 0 radical (unpaired) electrons. The molecule has 0 spiro atoms. The lowest BCUT2D eigenvalue weighted by molar-refractivity contribution is -0.117. The van der Waals surface area contributed by atoms with Crippen molar-refractivity contribution in [2.75, 3.05) is 11.4 Å². The van der Waals surface area contributed by atoms with Gasteiger partial charge < -0.3 is 16.0 Å². The number of aliphatic imine (C=N–C) groups is 1. The molecule has 1 fully saturated rings. The Morgan fingerprint density at radius 2 is 2.00 bits per heavy atom. The van der Waals surface area contributed by atoms with E-state index in [0.29, 0.717) is 18.9 Å². The summed E-state index contributed by atoms with van der Waals surface area (Å²) in [7, 11) is 0. The van der Waals surface area contributed by atoms with E-state index in [2.05, 4.69) is 10.3 Å². The summed E-state index contributed by atoms with van der Waals surface area (Å²) in [4.78, 5) is 17.8. The zero-order chi connectivity index (χ0) is 15.5. The van der Waals surface area contributed by atoms with E-state index in [0.717, 1.165) is 24.2 Å². The molecule has 0 atom stereocenters. The molecule has 1 aromatic carbocycles. The highest BCUT2D eigenvalue weighted by atomic mass is 16.2. The third-order valence-electron chi connectivity index (χ3n) is 3.26. The molecule has 2 rings (SSSR count). The topological polar surface area (TPSA) is 70.7 Å². The van der Waals surface area contributed by atoms with Gasteiger partial charge in [0.15, 0.2) is 5.96 Å². The molecule has 0 aromatic heterocycles. The summed E-state index contributed by atoms with van der Waals surface area (Å²) in [5.74, 6) is 0.653. The standard InChI is InChI=1S/C16H24N4O/c1-16(2,3)19-15(17)18-11-12-6-8-13(9-7-12)20-10-4-5-14(20)21/h6-9H,4-5,10-11H2,1-3H3,(H3,17,18,19). The Balaban J connectivity index is 1.96. The van der Waals surface area contributed by atoms with Gasteiger partial charge in [0, 0.05) is 24.2 Å². The summed E-state index contributed by atoms with van der Waals surface area (Å²) in [5, 5.41) is 3.13. The number of rotatable bonds is 3. The Morgan fingerprint density at radius 3 is 2.52 bits per heavy atom. The predicted molar refractivity (Wildman–Crippen MR) is 86.2 cm³/mol. The van der Waals surface area contributed by atoms with E-state index in [4.69, 9.17) is 5.73 Å². The number of hydrogen-bond acceptors (Lipinski definition) is 2. The third kappa shape index (κ3) is 4.48. The monoisotopic (exact) mass is 288 g/mol. The van der Waals surface area contributed by atoms with E-state index < -0.39 is 0 Å². The van der Waals surface area contributed by atoms with E-state index in [-0.39, 0.29) is 11.4 Å². The molecule has 3 N–H and O–H groups in total. The number of nitrogens with one attached hydrogen (secondary N) is 1. The van der Waals surface area contributed by atoms with Crippen molar-refractivity contribution in [3.05, 3.63) is 29.8 Å². The molecule has 0 unspecified atom stereocenters. The number of nitrogens with two attached hydrogens (primary N) is 1. The Kier molecular flexibility index (Phi) is 4.50. The minimum Gasteiger partial charge on any atom is -0.370 e. The smallest absolute Gasteiger partial charge is 0.227 e. The lowest BCUT2D eigenvalue weighted by atomic mass is 10.1. The molecule has 114 valence electrons. The second kappa shape index (κ2) is 6.16. The molecule has 5 heteroatoms. The third-order valence-corrected chi connectivity index (χ3v) is 3.26. The van der Waals surface area contributed by atoms with Crippen LogP contribution in [0.5, 0.6) is 0 Å². The summed E-state index contributed by atoms with van der Waals surface area (Å²) in [6.07, 6.45) is 1.60. The van der Waals surface area contributed by atoms with E-state index in [9.17, 15) is 4.79 Å². The second-order valence-electron chi connectivity index (χ2n) is 6.39. The summed E-state index contributed by atoms with van der Waals surface area (Å²) < 4.78 is 0. The fourth-order valence-electron chi connectivity index (χ4n) is 2.30. The second-order valence-corrected chi connectivity index (χ2v) is 6.39. The van der Waals surface area contributed by atoms with Gasteiger partial charge in [0.25, 0.3) is 0 Å². The first-order valence-electron chi connectivity index (χ1n) is 7.32. The fourth-order valence-corrected chi connectivity index (χ4v) is 2.30. The number of nitrogens with zero attached hydrogens (tertiary/aromatic N) is 2. The highest BCUT2D eigenvalue weighted by Gasteiger charge is 2.21. The normalized spacial score (nSPS) is 16.4. The Labute approximate surface area is 126 Å². The average molecular weight is 288 g/mol. The van der Waals surface area contributed by atoms with Crippen LogP contribution in [0.1, 0.15) is 39.2 Å². The van der Waals surface area contributed by atoms with Gasteiger partial charge >= 0.3 is 0 Å². The van der Waals surface area contributed by atoms with Crippen molar-refractivity contribution in [1.82, 2.24) is 5.32 Å². The first-order valence-corrected chi connectivity index (χ1v) is 7.32. The maximum Gasteiger partial charge on any atom is 0.227 e. The number of guanidine groups is 1.